The molecule has 1 saturated heterocycles. The SMILES string of the molecule is CC1(C)CN(S(=O)(=O)c2ccc(F)cc2N)CCO1. The van der Waals surface area contributed by atoms with Crippen LogP contribution < -0.4 is 5.73 Å². The molecule has 19 heavy (non-hydrogen) atoms. The molecule has 0 amide bonds. The van der Waals surface area contributed by atoms with Crippen LogP contribution >= 0.6 is 0 Å². The second-order valence-corrected chi connectivity index (χ2v) is 7.04. The van der Waals surface area contributed by atoms with E-state index in [1.54, 1.807) is 0 Å². The number of nitrogens with zero attached hydrogens (tertiary/aromatic N) is 1. The fraction of sp³-hybridized carbons (Fsp3) is 0.500. The van der Waals surface area contributed by atoms with Crippen molar-refractivity contribution in [2.24, 2.45) is 0 Å². The summed E-state index contributed by atoms with van der Waals surface area (Å²) in [4.78, 5) is -0.0633. The minimum atomic E-state index is -3.72. The predicted octanol–water partition coefficient (Wildman–Crippen LogP) is 1.21. The molecule has 0 atom stereocenters. The number of nitrogen functional groups attached to an aromatic ring is 1. The van der Waals surface area contributed by atoms with Gasteiger partial charge in [0.15, 0.2) is 0 Å². The molecule has 1 aromatic rings. The Morgan fingerprint density at radius 3 is 2.68 bits per heavy atom. The molecule has 106 valence electrons. The maximum atomic E-state index is 13.0. The highest BCUT2D eigenvalue weighted by Gasteiger charge is 2.35. The summed E-state index contributed by atoms with van der Waals surface area (Å²) in [5, 5.41) is 0. The highest BCUT2D eigenvalue weighted by molar-refractivity contribution is 7.89. The average molecular weight is 288 g/mol. The van der Waals surface area contributed by atoms with E-state index in [0.29, 0.717) is 6.61 Å². The van der Waals surface area contributed by atoms with Crippen LogP contribution in [0.3, 0.4) is 0 Å². The molecular weight excluding hydrogens is 271 g/mol. The number of morpholine rings is 1. The zero-order valence-corrected chi connectivity index (χ0v) is 11.7. The molecule has 0 saturated carbocycles. The van der Waals surface area contributed by atoms with Gasteiger partial charge in [0.25, 0.3) is 0 Å². The molecule has 0 aliphatic carbocycles. The molecule has 1 aliphatic heterocycles. The third-order valence-corrected chi connectivity index (χ3v) is 4.90. The van der Waals surface area contributed by atoms with Crippen molar-refractivity contribution in [2.45, 2.75) is 24.3 Å². The van der Waals surface area contributed by atoms with Gasteiger partial charge < -0.3 is 10.5 Å². The molecule has 1 heterocycles. The molecule has 0 aromatic heterocycles. The van der Waals surface area contributed by atoms with Gasteiger partial charge in [-0.2, -0.15) is 4.31 Å². The molecule has 0 bridgehead atoms. The third-order valence-electron chi connectivity index (χ3n) is 2.98. The molecule has 2 rings (SSSR count). The lowest BCUT2D eigenvalue weighted by Gasteiger charge is -2.37. The number of hydrogen-bond acceptors (Lipinski definition) is 4. The first-order valence-corrected chi connectivity index (χ1v) is 7.35. The van der Waals surface area contributed by atoms with Crippen molar-refractivity contribution in [3.8, 4) is 0 Å². The summed E-state index contributed by atoms with van der Waals surface area (Å²) in [6.45, 7) is 4.48. The van der Waals surface area contributed by atoms with E-state index in [1.807, 2.05) is 13.8 Å². The number of anilines is 1. The topological polar surface area (TPSA) is 72.6 Å². The standard InChI is InChI=1S/C12H17FN2O3S/c1-12(2)8-15(5-6-18-12)19(16,17)11-4-3-9(13)7-10(11)14/h3-4,7H,5-6,8,14H2,1-2H3. The maximum Gasteiger partial charge on any atom is 0.245 e. The van der Waals surface area contributed by atoms with Crippen LogP contribution in [0.4, 0.5) is 10.1 Å². The fourth-order valence-electron chi connectivity index (χ4n) is 2.07. The van der Waals surface area contributed by atoms with Gasteiger partial charge in [0.1, 0.15) is 10.7 Å². The Hall–Kier alpha value is -1.18. The summed E-state index contributed by atoms with van der Waals surface area (Å²) in [7, 11) is -3.72. The van der Waals surface area contributed by atoms with Gasteiger partial charge in [-0.3, -0.25) is 0 Å². The van der Waals surface area contributed by atoms with Crippen LogP contribution in [0.2, 0.25) is 0 Å². The molecule has 5 nitrogen and oxygen atoms in total. The summed E-state index contributed by atoms with van der Waals surface area (Å²) in [5.41, 5.74) is 4.98. The molecule has 1 aliphatic rings. The largest absolute Gasteiger partial charge is 0.398 e. The van der Waals surface area contributed by atoms with Crippen LogP contribution in [0, 0.1) is 5.82 Å². The molecule has 0 unspecified atom stereocenters. The normalized spacial score (nSPS) is 20.4. The quantitative estimate of drug-likeness (QED) is 0.830. The van der Waals surface area contributed by atoms with Gasteiger partial charge in [-0.15, -0.1) is 0 Å². The summed E-state index contributed by atoms with van der Waals surface area (Å²) in [6, 6.07) is 3.30. The Kier molecular flexibility index (Phi) is 3.55. The van der Waals surface area contributed by atoms with Crippen molar-refractivity contribution in [1.82, 2.24) is 4.31 Å². The maximum absolute atomic E-state index is 13.0. The van der Waals surface area contributed by atoms with Crippen LogP contribution in [-0.4, -0.2) is 38.0 Å². The first kappa shape index (κ1) is 14.2. The van der Waals surface area contributed by atoms with Crippen LogP contribution in [0.25, 0.3) is 0 Å². The molecule has 7 heteroatoms. The van der Waals surface area contributed by atoms with Crippen LogP contribution in [-0.2, 0) is 14.8 Å². The summed E-state index contributed by atoms with van der Waals surface area (Å²) in [6.07, 6.45) is 0. The van der Waals surface area contributed by atoms with Crippen molar-refractivity contribution >= 4 is 15.7 Å². The first-order valence-electron chi connectivity index (χ1n) is 5.91. The molecule has 1 aromatic carbocycles. The van der Waals surface area contributed by atoms with Gasteiger partial charge >= 0.3 is 0 Å². The van der Waals surface area contributed by atoms with Crippen molar-refractivity contribution in [3.05, 3.63) is 24.0 Å². The molecule has 2 N–H and O–H groups in total. The van der Waals surface area contributed by atoms with E-state index in [1.165, 1.54) is 10.4 Å². The van der Waals surface area contributed by atoms with Crippen molar-refractivity contribution in [3.63, 3.8) is 0 Å². The Morgan fingerprint density at radius 1 is 1.42 bits per heavy atom. The smallest absolute Gasteiger partial charge is 0.245 e. The van der Waals surface area contributed by atoms with E-state index in [4.69, 9.17) is 10.5 Å². The van der Waals surface area contributed by atoms with E-state index in [0.717, 1.165) is 12.1 Å². The van der Waals surface area contributed by atoms with E-state index < -0.39 is 21.4 Å². The lowest BCUT2D eigenvalue weighted by molar-refractivity contribution is -0.0640. The predicted molar refractivity (Wildman–Crippen MR) is 69.6 cm³/mol. The summed E-state index contributed by atoms with van der Waals surface area (Å²) >= 11 is 0. The number of hydrogen-bond donors (Lipinski definition) is 1. The first-order chi connectivity index (χ1) is 8.72. The summed E-state index contributed by atoms with van der Waals surface area (Å²) < 4.78 is 44.7. The zero-order chi connectivity index (χ0) is 14.3. The van der Waals surface area contributed by atoms with Gasteiger partial charge in [-0.05, 0) is 32.0 Å². The van der Waals surface area contributed by atoms with Crippen molar-refractivity contribution < 1.29 is 17.5 Å². The number of nitrogens with two attached hydrogens (primary N) is 1. The van der Waals surface area contributed by atoms with E-state index in [-0.39, 0.29) is 23.7 Å². The minimum Gasteiger partial charge on any atom is -0.398 e. The Balaban J connectivity index is 2.37. The number of benzene rings is 1. The lowest BCUT2D eigenvalue weighted by Crippen LogP contribution is -2.50. The fourth-order valence-corrected chi connectivity index (χ4v) is 3.74. The number of halogens is 1. The Bertz CT molecular complexity index is 587. The number of sulfonamides is 1. The number of ether oxygens (including phenoxy) is 1. The lowest BCUT2D eigenvalue weighted by atomic mass is 10.1. The number of rotatable bonds is 2. The third kappa shape index (κ3) is 2.88. The Labute approximate surface area is 112 Å². The molecule has 0 spiro atoms. The van der Waals surface area contributed by atoms with Crippen LogP contribution in [0.15, 0.2) is 23.1 Å². The van der Waals surface area contributed by atoms with Gasteiger partial charge in [-0.1, -0.05) is 0 Å². The monoisotopic (exact) mass is 288 g/mol. The van der Waals surface area contributed by atoms with E-state index in [9.17, 15) is 12.8 Å². The second kappa shape index (κ2) is 4.73. The molecule has 0 radical (unpaired) electrons. The van der Waals surface area contributed by atoms with Gasteiger partial charge in [0.05, 0.1) is 17.9 Å². The van der Waals surface area contributed by atoms with Gasteiger partial charge in [-0.25, -0.2) is 12.8 Å². The minimum absolute atomic E-state index is 0.0633. The zero-order valence-electron chi connectivity index (χ0n) is 10.9. The highest BCUT2D eigenvalue weighted by atomic mass is 32.2. The molecular formula is C12H17FN2O3S. The highest BCUT2D eigenvalue weighted by Crippen LogP contribution is 2.27. The van der Waals surface area contributed by atoms with Crippen LogP contribution in [0.5, 0.6) is 0 Å². The average Bonchev–Trinajstić information content (AvgIpc) is 2.27. The Morgan fingerprint density at radius 2 is 2.11 bits per heavy atom. The van der Waals surface area contributed by atoms with E-state index in [2.05, 4.69) is 0 Å². The van der Waals surface area contributed by atoms with Crippen molar-refractivity contribution in [1.29, 1.82) is 0 Å². The summed E-state index contributed by atoms with van der Waals surface area (Å²) in [5.74, 6) is -0.557. The van der Waals surface area contributed by atoms with Crippen molar-refractivity contribution in [2.75, 3.05) is 25.4 Å². The second-order valence-electron chi connectivity index (χ2n) is 5.13. The van der Waals surface area contributed by atoms with E-state index >= 15 is 0 Å². The van der Waals surface area contributed by atoms with Crippen LogP contribution in [0.1, 0.15) is 13.8 Å². The van der Waals surface area contributed by atoms with Gasteiger partial charge in [0, 0.05) is 13.1 Å². The van der Waals surface area contributed by atoms with Gasteiger partial charge in [0.2, 0.25) is 10.0 Å². The molecule has 1 fully saturated rings.